The average molecular weight is 383 g/mol. The summed E-state index contributed by atoms with van der Waals surface area (Å²) in [6.07, 6.45) is 6.23. The van der Waals surface area contributed by atoms with Gasteiger partial charge >= 0.3 is 0 Å². The third-order valence-electron chi connectivity index (χ3n) is 4.59. The van der Waals surface area contributed by atoms with Crippen LogP contribution in [0.15, 0.2) is 16.7 Å². The number of carbonyl (C=O) groups excluding carboxylic acids is 1. The first-order chi connectivity index (χ1) is 11.0. The lowest BCUT2D eigenvalue weighted by atomic mass is 10.1. The van der Waals surface area contributed by atoms with Crippen molar-refractivity contribution in [1.29, 1.82) is 0 Å². The van der Waals surface area contributed by atoms with Crippen LogP contribution in [0.25, 0.3) is 0 Å². The molecule has 0 bridgehead atoms. The van der Waals surface area contributed by atoms with Crippen molar-refractivity contribution in [3.63, 3.8) is 0 Å². The minimum Gasteiger partial charge on any atom is -0.345 e. The number of piperazine rings is 1. The van der Waals surface area contributed by atoms with E-state index in [1.54, 1.807) is 0 Å². The van der Waals surface area contributed by atoms with E-state index in [1.807, 2.05) is 9.80 Å². The molecule has 2 aliphatic rings. The van der Waals surface area contributed by atoms with E-state index in [4.69, 9.17) is 0 Å². The molecule has 1 aromatic heterocycles. The molecule has 23 heavy (non-hydrogen) atoms. The van der Waals surface area contributed by atoms with Gasteiger partial charge in [0.05, 0.1) is 15.9 Å². The number of aromatic nitrogens is 1. The first kappa shape index (κ1) is 16.2. The zero-order valence-corrected chi connectivity index (χ0v) is 14.4. The van der Waals surface area contributed by atoms with E-state index in [0.29, 0.717) is 29.3 Å². The lowest BCUT2D eigenvalue weighted by Gasteiger charge is -2.36. The second-order valence-electron chi connectivity index (χ2n) is 6.17. The fourth-order valence-electron chi connectivity index (χ4n) is 3.34. The Labute approximate surface area is 142 Å². The summed E-state index contributed by atoms with van der Waals surface area (Å²) in [5.41, 5.74) is -0.0631. The van der Waals surface area contributed by atoms with Crippen LogP contribution in [0, 0.1) is 16.0 Å². The van der Waals surface area contributed by atoms with Crippen LogP contribution in [0.2, 0.25) is 0 Å². The maximum Gasteiger partial charge on any atom is 0.288 e. The van der Waals surface area contributed by atoms with Gasteiger partial charge < -0.3 is 9.80 Å². The predicted octanol–water partition coefficient (Wildman–Crippen LogP) is 2.59. The van der Waals surface area contributed by atoms with Gasteiger partial charge in [0.15, 0.2) is 0 Å². The molecule has 0 spiro atoms. The lowest BCUT2D eigenvalue weighted by molar-refractivity contribution is -0.385. The van der Waals surface area contributed by atoms with Crippen molar-refractivity contribution in [3.05, 3.63) is 26.9 Å². The van der Waals surface area contributed by atoms with Crippen LogP contribution in [-0.2, 0) is 4.79 Å². The summed E-state index contributed by atoms with van der Waals surface area (Å²) in [5, 5.41) is 10.8. The van der Waals surface area contributed by atoms with E-state index in [9.17, 15) is 14.9 Å². The predicted molar refractivity (Wildman–Crippen MR) is 89.3 cm³/mol. The van der Waals surface area contributed by atoms with Gasteiger partial charge in [0, 0.05) is 25.7 Å². The molecule has 1 aliphatic heterocycles. The molecule has 1 saturated heterocycles. The molecule has 0 aromatic carbocycles. The monoisotopic (exact) mass is 382 g/mol. The van der Waals surface area contributed by atoms with Gasteiger partial charge in [0.1, 0.15) is 12.0 Å². The second-order valence-corrected chi connectivity index (χ2v) is 7.02. The first-order valence-corrected chi connectivity index (χ1v) is 8.66. The minimum absolute atomic E-state index is 0.0631. The van der Waals surface area contributed by atoms with Gasteiger partial charge in [-0.25, -0.2) is 4.98 Å². The topological polar surface area (TPSA) is 79.6 Å². The maximum atomic E-state index is 12.4. The maximum absolute atomic E-state index is 12.4. The average Bonchev–Trinajstić information content (AvgIpc) is 3.02. The highest BCUT2D eigenvalue weighted by molar-refractivity contribution is 9.10. The molecule has 1 aliphatic carbocycles. The molecular weight excluding hydrogens is 364 g/mol. The summed E-state index contributed by atoms with van der Waals surface area (Å²) in [5.74, 6) is 1.34. The number of hydrogen-bond acceptors (Lipinski definition) is 5. The molecule has 0 atom stereocenters. The Balaban J connectivity index is 1.65. The number of rotatable bonds is 4. The summed E-state index contributed by atoms with van der Waals surface area (Å²) >= 11 is 3.32. The number of pyridine rings is 1. The van der Waals surface area contributed by atoms with Crippen LogP contribution in [0.5, 0.6) is 0 Å². The third-order valence-corrected chi connectivity index (χ3v) is 5.17. The SMILES string of the molecule is O=C1CN(c2ncc([N+](=O)[O-])cc2Br)CCN1CC1CCCC1. The largest absolute Gasteiger partial charge is 0.345 e. The molecule has 8 heteroatoms. The van der Waals surface area contributed by atoms with E-state index in [1.165, 1.54) is 37.9 Å². The Morgan fingerprint density at radius 1 is 1.35 bits per heavy atom. The molecule has 7 nitrogen and oxygen atoms in total. The number of halogens is 1. The van der Waals surface area contributed by atoms with Crippen LogP contribution in [-0.4, -0.2) is 46.9 Å². The third kappa shape index (κ3) is 3.63. The van der Waals surface area contributed by atoms with Gasteiger partial charge in [-0.3, -0.25) is 14.9 Å². The van der Waals surface area contributed by atoms with Crippen LogP contribution in [0.3, 0.4) is 0 Å². The van der Waals surface area contributed by atoms with Gasteiger partial charge in [0.2, 0.25) is 5.91 Å². The van der Waals surface area contributed by atoms with Gasteiger partial charge in [-0.05, 0) is 34.7 Å². The highest BCUT2D eigenvalue weighted by Gasteiger charge is 2.29. The summed E-state index contributed by atoms with van der Waals surface area (Å²) in [6, 6.07) is 1.43. The van der Waals surface area contributed by atoms with E-state index < -0.39 is 4.92 Å². The van der Waals surface area contributed by atoms with Crippen molar-refractivity contribution in [2.45, 2.75) is 25.7 Å². The van der Waals surface area contributed by atoms with Crippen molar-refractivity contribution in [2.24, 2.45) is 5.92 Å². The van der Waals surface area contributed by atoms with Crippen molar-refractivity contribution in [1.82, 2.24) is 9.88 Å². The summed E-state index contributed by atoms with van der Waals surface area (Å²) in [4.78, 5) is 30.7. The number of anilines is 1. The van der Waals surface area contributed by atoms with Crippen LogP contribution >= 0.6 is 15.9 Å². The zero-order chi connectivity index (χ0) is 16.4. The van der Waals surface area contributed by atoms with Crippen LogP contribution < -0.4 is 4.90 Å². The van der Waals surface area contributed by atoms with Crippen molar-refractivity contribution < 1.29 is 9.72 Å². The Morgan fingerprint density at radius 3 is 2.70 bits per heavy atom. The minimum atomic E-state index is -0.480. The van der Waals surface area contributed by atoms with Crippen molar-refractivity contribution >= 4 is 33.3 Å². The highest BCUT2D eigenvalue weighted by Crippen LogP contribution is 2.29. The van der Waals surface area contributed by atoms with Gasteiger partial charge in [0.25, 0.3) is 5.69 Å². The number of hydrogen-bond donors (Lipinski definition) is 0. The molecule has 0 unspecified atom stereocenters. The second kappa shape index (κ2) is 6.82. The molecular formula is C15H19BrN4O3. The van der Waals surface area contributed by atoms with Gasteiger partial charge in [-0.15, -0.1) is 0 Å². The van der Waals surface area contributed by atoms with Gasteiger partial charge in [-0.2, -0.15) is 0 Å². The molecule has 1 aromatic rings. The van der Waals surface area contributed by atoms with Crippen molar-refractivity contribution in [3.8, 4) is 0 Å². The number of carbonyl (C=O) groups is 1. The fraction of sp³-hybridized carbons (Fsp3) is 0.600. The summed E-state index contributed by atoms with van der Waals surface area (Å²) in [7, 11) is 0. The number of nitrogens with zero attached hydrogens (tertiary/aromatic N) is 4. The lowest BCUT2D eigenvalue weighted by Crippen LogP contribution is -2.51. The molecule has 2 heterocycles. The number of nitro groups is 1. The summed E-state index contributed by atoms with van der Waals surface area (Å²) < 4.78 is 0.545. The van der Waals surface area contributed by atoms with E-state index >= 15 is 0 Å². The number of amides is 1. The Kier molecular flexibility index (Phi) is 4.79. The Morgan fingerprint density at radius 2 is 2.09 bits per heavy atom. The van der Waals surface area contributed by atoms with E-state index in [0.717, 1.165) is 6.54 Å². The van der Waals surface area contributed by atoms with Crippen LogP contribution in [0.1, 0.15) is 25.7 Å². The molecule has 1 amide bonds. The highest BCUT2D eigenvalue weighted by atomic mass is 79.9. The standard InChI is InChI=1S/C15H19BrN4O3/c16-13-7-12(20(22)23)8-17-15(13)19-6-5-18(14(21)10-19)9-11-3-1-2-4-11/h7-8,11H,1-6,9-10H2. The molecule has 1 saturated carbocycles. The summed E-state index contributed by atoms with van der Waals surface area (Å²) in [6.45, 7) is 2.51. The normalized spacial score (nSPS) is 19.4. The smallest absolute Gasteiger partial charge is 0.288 e. The Hall–Kier alpha value is -1.70. The Bertz CT molecular complexity index is 619. The quantitative estimate of drug-likeness (QED) is 0.590. The fourth-order valence-corrected chi connectivity index (χ4v) is 3.93. The molecule has 124 valence electrons. The molecule has 0 radical (unpaired) electrons. The van der Waals surface area contributed by atoms with E-state index in [2.05, 4.69) is 20.9 Å². The zero-order valence-electron chi connectivity index (χ0n) is 12.8. The van der Waals surface area contributed by atoms with E-state index in [-0.39, 0.29) is 18.1 Å². The molecule has 2 fully saturated rings. The first-order valence-electron chi connectivity index (χ1n) is 7.87. The van der Waals surface area contributed by atoms with Gasteiger partial charge in [-0.1, -0.05) is 12.8 Å². The molecule has 0 N–H and O–H groups in total. The van der Waals surface area contributed by atoms with Crippen LogP contribution in [0.4, 0.5) is 11.5 Å². The molecule has 3 rings (SSSR count). The van der Waals surface area contributed by atoms with Crippen molar-refractivity contribution in [2.75, 3.05) is 31.1 Å².